The standard InChI is InChI=1S/C17H14F3N3O2/c1-9(10-2-5-12(6-3-10)17(18,19)20)21-15(24)11-4-7-13-14(8-11)23-16(25)22-13/h2-9H,1H3,(H,21,24)(H2,22,23,25)/t9-/m1/s1. The van der Waals surface area contributed by atoms with Gasteiger partial charge in [-0.15, -0.1) is 0 Å². The first-order valence-corrected chi connectivity index (χ1v) is 7.44. The van der Waals surface area contributed by atoms with Gasteiger partial charge in [0.25, 0.3) is 5.91 Å². The number of aromatic amines is 2. The number of hydrogen-bond acceptors (Lipinski definition) is 2. The second kappa shape index (κ2) is 6.12. The maximum absolute atomic E-state index is 12.6. The van der Waals surface area contributed by atoms with Gasteiger partial charge in [-0.3, -0.25) is 4.79 Å². The lowest BCUT2D eigenvalue weighted by Crippen LogP contribution is -2.26. The van der Waals surface area contributed by atoms with E-state index in [-0.39, 0.29) is 5.69 Å². The monoisotopic (exact) mass is 349 g/mol. The quantitative estimate of drug-likeness (QED) is 0.678. The summed E-state index contributed by atoms with van der Waals surface area (Å²) in [5.41, 5.74) is 0.860. The van der Waals surface area contributed by atoms with Crippen LogP contribution in [-0.2, 0) is 6.18 Å². The van der Waals surface area contributed by atoms with E-state index >= 15 is 0 Å². The molecule has 0 fully saturated rings. The van der Waals surface area contributed by atoms with Gasteiger partial charge >= 0.3 is 11.9 Å². The Balaban J connectivity index is 1.75. The van der Waals surface area contributed by atoms with E-state index in [0.717, 1.165) is 12.1 Å². The molecule has 1 atom stereocenters. The van der Waals surface area contributed by atoms with E-state index < -0.39 is 23.7 Å². The molecular formula is C17H14F3N3O2. The molecule has 0 bridgehead atoms. The Bertz CT molecular complexity index is 971. The zero-order chi connectivity index (χ0) is 18.2. The zero-order valence-electron chi connectivity index (χ0n) is 13.1. The molecule has 5 nitrogen and oxygen atoms in total. The molecule has 0 spiro atoms. The van der Waals surface area contributed by atoms with Gasteiger partial charge in [0.1, 0.15) is 0 Å². The fourth-order valence-electron chi connectivity index (χ4n) is 2.50. The van der Waals surface area contributed by atoms with Crippen LogP contribution < -0.4 is 11.0 Å². The summed E-state index contributed by atoms with van der Waals surface area (Å²) in [7, 11) is 0. The largest absolute Gasteiger partial charge is 0.416 e. The van der Waals surface area contributed by atoms with Crippen molar-refractivity contribution in [3.63, 3.8) is 0 Å². The van der Waals surface area contributed by atoms with Gasteiger partial charge in [0.15, 0.2) is 0 Å². The van der Waals surface area contributed by atoms with Crippen molar-refractivity contribution in [1.82, 2.24) is 15.3 Å². The predicted molar refractivity (Wildman–Crippen MR) is 86.2 cm³/mol. The second-order valence-corrected chi connectivity index (χ2v) is 5.65. The van der Waals surface area contributed by atoms with Gasteiger partial charge in [0.05, 0.1) is 22.6 Å². The van der Waals surface area contributed by atoms with E-state index in [9.17, 15) is 22.8 Å². The summed E-state index contributed by atoms with van der Waals surface area (Å²) < 4.78 is 37.8. The van der Waals surface area contributed by atoms with E-state index in [1.54, 1.807) is 19.1 Å². The Morgan fingerprint density at radius 1 is 1.04 bits per heavy atom. The Hall–Kier alpha value is -3.03. The average Bonchev–Trinajstić information content (AvgIpc) is 2.93. The lowest BCUT2D eigenvalue weighted by Gasteiger charge is -2.15. The van der Waals surface area contributed by atoms with Crippen molar-refractivity contribution >= 4 is 16.9 Å². The minimum Gasteiger partial charge on any atom is -0.346 e. The van der Waals surface area contributed by atoms with E-state index in [0.29, 0.717) is 22.2 Å². The van der Waals surface area contributed by atoms with E-state index in [4.69, 9.17) is 0 Å². The van der Waals surface area contributed by atoms with Crippen molar-refractivity contribution in [2.24, 2.45) is 0 Å². The van der Waals surface area contributed by atoms with E-state index in [2.05, 4.69) is 15.3 Å². The molecule has 3 aromatic rings. The lowest BCUT2D eigenvalue weighted by atomic mass is 10.1. The van der Waals surface area contributed by atoms with Crippen molar-refractivity contribution in [3.05, 3.63) is 69.6 Å². The van der Waals surface area contributed by atoms with Crippen LogP contribution in [0.1, 0.15) is 34.5 Å². The van der Waals surface area contributed by atoms with Crippen LogP contribution in [0.5, 0.6) is 0 Å². The number of aromatic nitrogens is 2. The Morgan fingerprint density at radius 3 is 2.32 bits per heavy atom. The molecule has 0 aliphatic rings. The summed E-state index contributed by atoms with van der Waals surface area (Å²) in [4.78, 5) is 28.7. The molecule has 25 heavy (non-hydrogen) atoms. The lowest BCUT2D eigenvalue weighted by molar-refractivity contribution is -0.137. The highest BCUT2D eigenvalue weighted by Gasteiger charge is 2.30. The molecule has 2 aromatic carbocycles. The van der Waals surface area contributed by atoms with Crippen LogP contribution in [0.3, 0.4) is 0 Å². The zero-order valence-corrected chi connectivity index (χ0v) is 13.1. The summed E-state index contributed by atoms with van der Waals surface area (Å²) in [6.45, 7) is 1.68. The van der Waals surface area contributed by atoms with Gasteiger partial charge < -0.3 is 15.3 Å². The molecule has 1 heterocycles. The van der Waals surface area contributed by atoms with Gasteiger partial charge in [-0.2, -0.15) is 13.2 Å². The number of carbonyl (C=O) groups is 1. The molecule has 0 saturated heterocycles. The molecular weight excluding hydrogens is 335 g/mol. The third kappa shape index (κ3) is 3.57. The summed E-state index contributed by atoms with van der Waals surface area (Å²) in [6, 6.07) is 8.84. The summed E-state index contributed by atoms with van der Waals surface area (Å²) >= 11 is 0. The Labute approximate surface area is 139 Å². The average molecular weight is 349 g/mol. The van der Waals surface area contributed by atoms with Crippen molar-refractivity contribution in [1.29, 1.82) is 0 Å². The number of H-pyrrole nitrogens is 2. The highest BCUT2D eigenvalue weighted by molar-refractivity contribution is 5.97. The van der Waals surface area contributed by atoms with Crippen LogP contribution in [0.25, 0.3) is 11.0 Å². The van der Waals surface area contributed by atoms with Gasteiger partial charge in [-0.25, -0.2) is 4.79 Å². The SMILES string of the molecule is C[C@@H](NC(=O)c1ccc2[nH]c(=O)[nH]c2c1)c1ccc(C(F)(F)F)cc1. The van der Waals surface area contributed by atoms with Crippen LogP contribution in [0.15, 0.2) is 47.3 Å². The Morgan fingerprint density at radius 2 is 1.68 bits per heavy atom. The number of fused-ring (bicyclic) bond motifs is 1. The molecule has 130 valence electrons. The maximum Gasteiger partial charge on any atom is 0.416 e. The molecule has 0 aliphatic heterocycles. The Kier molecular flexibility index (Phi) is 4.12. The van der Waals surface area contributed by atoms with Crippen LogP contribution in [-0.4, -0.2) is 15.9 Å². The highest BCUT2D eigenvalue weighted by Crippen LogP contribution is 2.29. The van der Waals surface area contributed by atoms with E-state index in [1.165, 1.54) is 18.2 Å². The number of rotatable bonds is 3. The molecule has 0 unspecified atom stereocenters. The number of imidazole rings is 1. The van der Waals surface area contributed by atoms with E-state index in [1.807, 2.05) is 0 Å². The molecule has 0 aliphatic carbocycles. The third-order valence-electron chi connectivity index (χ3n) is 3.86. The predicted octanol–water partition coefficient (Wildman–Crippen LogP) is 3.37. The summed E-state index contributed by atoms with van der Waals surface area (Å²) in [5.74, 6) is -0.392. The molecule has 0 radical (unpaired) electrons. The third-order valence-corrected chi connectivity index (χ3v) is 3.86. The first-order valence-electron chi connectivity index (χ1n) is 7.44. The van der Waals surface area contributed by atoms with Crippen LogP contribution in [0, 0.1) is 0 Å². The van der Waals surface area contributed by atoms with Gasteiger partial charge in [0.2, 0.25) is 0 Å². The number of halogens is 3. The summed E-state index contributed by atoms with van der Waals surface area (Å²) in [5, 5.41) is 2.72. The fourth-order valence-corrected chi connectivity index (χ4v) is 2.50. The van der Waals surface area contributed by atoms with Crippen LogP contribution in [0.2, 0.25) is 0 Å². The minimum atomic E-state index is -4.39. The first-order chi connectivity index (χ1) is 11.7. The number of carbonyl (C=O) groups excluding carboxylic acids is 1. The molecule has 1 amide bonds. The van der Waals surface area contributed by atoms with Crippen molar-refractivity contribution in [3.8, 4) is 0 Å². The molecule has 0 saturated carbocycles. The maximum atomic E-state index is 12.6. The van der Waals surface area contributed by atoms with Gasteiger partial charge in [-0.1, -0.05) is 12.1 Å². The number of hydrogen-bond donors (Lipinski definition) is 3. The molecule has 3 rings (SSSR count). The smallest absolute Gasteiger partial charge is 0.346 e. The molecule has 8 heteroatoms. The van der Waals surface area contributed by atoms with Crippen LogP contribution in [0.4, 0.5) is 13.2 Å². The normalized spacial score (nSPS) is 13.0. The number of nitrogens with one attached hydrogen (secondary N) is 3. The second-order valence-electron chi connectivity index (χ2n) is 5.65. The van der Waals surface area contributed by atoms with Crippen molar-refractivity contribution in [2.45, 2.75) is 19.1 Å². The molecule has 1 aromatic heterocycles. The van der Waals surface area contributed by atoms with Gasteiger partial charge in [0, 0.05) is 5.56 Å². The van der Waals surface area contributed by atoms with Crippen LogP contribution >= 0.6 is 0 Å². The first kappa shape index (κ1) is 16.8. The topological polar surface area (TPSA) is 77.8 Å². The minimum absolute atomic E-state index is 0.335. The number of benzene rings is 2. The number of amides is 1. The number of alkyl halides is 3. The van der Waals surface area contributed by atoms with Gasteiger partial charge in [-0.05, 0) is 42.8 Å². The molecule has 3 N–H and O–H groups in total. The summed E-state index contributed by atoms with van der Waals surface area (Å²) in [6.07, 6.45) is -4.39. The van der Waals surface area contributed by atoms with Crippen molar-refractivity contribution in [2.75, 3.05) is 0 Å². The highest BCUT2D eigenvalue weighted by atomic mass is 19.4. The fraction of sp³-hybridized carbons (Fsp3) is 0.176. The van der Waals surface area contributed by atoms with Crippen molar-refractivity contribution < 1.29 is 18.0 Å².